The van der Waals surface area contributed by atoms with E-state index in [4.69, 9.17) is 0 Å². The first-order valence-electron chi connectivity index (χ1n) is 28.5. The molecule has 82 heavy (non-hydrogen) atoms. The number of fused-ring (bicyclic) bond motifs is 3. The van der Waals surface area contributed by atoms with E-state index in [1.165, 1.54) is 104 Å². The van der Waals surface area contributed by atoms with Crippen LogP contribution in [0.25, 0.3) is 42.4 Å². The molecule has 12 rings (SSSR count). The first-order valence-corrected chi connectivity index (χ1v) is 29.3. The zero-order valence-electron chi connectivity index (χ0n) is 49.1. The molecule has 0 N–H and O–H groups in total. The van der Waals surface area contributed by atoms with E-state index in [1.54, 1.807) is 0 Å². The van der Waals surface area contributed by atoms with Crippen molar-refractivity contribution in [2.24, 2.45) is 0 Å². The zero-order chi connectivity index (χ0) is 56.9. The second-order valence-electron chi connectivity index (χ2n) is 22.6. The van der Waals surface area contributed by atoms with Gasteiger partial charge in [0.25, 0.3) is 0 Å². The van der Waals surface area contributed by atoms with Gasteiger partial charge < -0.3 is 19.6 Å². The minimum atomic E-state index is 1.10. The third kappa shape index (κ3) is 10.4. The van der Waals surface area contributed by atoms with E-state index in [0.29, 0.717) is 0 Å². The van der Waals surface area contributed by atoms with Gasteiger partial charge in [0, 0.05) is 89.8 Å². The first kappa shape index (κ1) is 53.5. The SMILES string of the molecule is Cc1ccc(N(C)c2ccc(-c3ccc(N(c4ccc(C)c(C)c4)c4ccc5sc6ccc(N(c7ccc(-c8ccc(N(c9ccc(C)c(C)c9)c9ccc(C)c(C)c9)cc8)cc7)c7ccc(C)c(C)c7)cc6c5c4)cc3)cc2)cc1C. The zero-order valence-corrected chi connectivity index (χ0v) is 49.9. The molecule has 4 nitrogen and oxygen atoms in total. The van der Waals surface area contributed by atoms with Crippen molar-refractivity contribution >= 4 is 94.1 Å². The largest absolute Gasteiger partial charge is 0.345 e. The van der Waals surface area contributed by atoms with Crippen molar-refractivity contribution in [3.8, 4) is 22.3 Å². The van der Waals surface area contributed by atoms with Gasteiger partial charge in [-0.25, -0.2) is 0 Å². The van der Waals surface area contributed by atoms with Gasteiger partial charge in [-0.2, -0.15) is 0 Å². The Hall–Kier alpha value is -9.16. The average molecular weight is 1080 g/mol. The van der Waals surface area contributed by atoms with E-state index in [0.717, 1.165) is 56.9 Å². The van der Waals surface area contributed by atoms with Gasteiger partial charge in [-0.05, 0) is 293 Å². The topological polar surface area (TPSA) is 13.0 Å². The molecule has 0 aliphatic rings. The quantitative estimate of drug-likeness (QED) is 0.114. The van der Waals surface area contributed by atoms with Crippen LogP contribution < -0.4 is 19.6 Å². The van der Waals surface area contributed by atoms with E-state index in [-0.39, 0.29) is 0 Å². The molecule has 0 atom stereocenters. The maximum Gasteiger partial charge on any atom is 0.0468 e. The molecule has 0 radical (unpaired) electrons. The monoisotopic (exact) mass is 1080 g/mol. The van der Waals surface area contributed by atoms with Crippen LogP contribution in [0.5, 0.6) is 0 Å². The normalized spacial score (nSPS) is 11.4. The van der Waals surface area contributed by atoms with Crippen LogP contribution in [0, 0.1) is 69.2 Å². The summed E-state index contributed by atoms with van der Waals surface area (Å²) in [5.74, 6) is 0. The molecular weight excluding hydrogens is 1010 g/mol. The van der Waals surface area contributed by atoms with Gasteiger partial charge in [0.05, 0.1) is 0 Å². The summed E-state index contributed by atoms with van der Waals surface area (Å²) in [6.45, 7) is 21.9. The molecule has 404 valence electrons. The fourth-order valence-electron chi connectivity index (χ4n) is 11.2. The number of anilines is 11. The number of rotatable bonds is 13. The van der Waals surface area contributed by atoms with Gasteiger partial charge in [-0.1, -0.05) is 78.9 Å². The summed E-state index contributed by atoms with van der Waals surface area (Å²) in [5.41, 5.74) is 30.0. The van der Waals surface area contributed by atoms with Crippen molar-refractivity contribution in [1.29, 1.82) is 0 Å². The van der Waals surface area contributed by atoms with E-state index < -0.39 is 0 Å². The smallest absolute Gasteiger partial charge is 0.0468 e. The van der Waals surface area contributed by atoms with Crippen molar-refractivity contribution in [2.75, 3.05) is 26.6 Å². The van der Waals surface area contributed by atoms with Crippen LogP contribution in [0.2, 0.25) is 0 Å². The second-order valence-corrected chi connectivity index (χ2v) is 23.6. The molecule has 5 heteroatoms. The molecule has 0 spiro atoms. The summed E-state index contributed by atoms with van der Waals surface area (Å²) >= 11 is 1.86. The highest BCUT2D eigenvalue weighted by Gasteiger charge is 2.20. The van der Waals surface area contributed by atoms with Gasteiger partial charge >= 0.3 is 0 Å². The van der Waals surface area contributed by atoms with Crippen molar-refractivity contribution in [2.45, 2.75) is 69.2 Å². The Kier molecular flexibility index (Phi) is 14.4. The molecule has 12 aromatic rings. The Bertz CT molecular complexity index is 4290. The van der Waals surface area contributed by atoms with Gasteiger partial charge in [-0.3, -0.25) is 0 Å². The van der Waals surface area contributed by atoms with Crippen LogP contribution in [-0.2, 0) is 0 Å². The van der Waals surface area contributed by atoms with Gasteiger partial charge in [0.15, 0.2) is 0 Å². The third-order valence-corrected chi connectivity index (χ3v) is 18.3. The fourth-order valence-corrected chi connectivity index (χ4v) is 12.3. The summed E-state index contributed by atoms with van der Waals surface area (Å²) < 4.78 is 2.52. The van der Waals surface area contributed by atoms with Crippen LogP contribution in [0.1, 0.15) is 55.6 Å². The predicted molar refractivity (Wildman–Crippen MR) is 356 cm³/mol. The van der Waals surface area contributed by atoms with Crippen LogP contribution in [0.4, 0.5) is 62.6 Å². The predicted octanol–water partition coefficient (Wildman–Crippen LogP) is 22.7. The summed E-state index contributed by atoms with van der Waals surface area (Å²) in [4.78, 5) is 9.45. The van der Waals surface area contributed by atoms with Crippen LogP contribution in [0.15, 0.2) is 224 Å². The summed E-state index contributed by atoms with van der Waals surface area (Å²) in [6, 6.07) is 83.9. The Labute approximate surface area is 489 Å². The maximum atomic E-state index is 2.41. The maximum absolute atomic E-state index is 2.41. The molecule has 0 amide bonds. The van der Waals surface area contributed by atoms with E-state index in [1.807, 2.05) is 11.3 Å². The molecule has 0 fully saturated rings. The Morgan fingerprint density at radius 2 is 0.427 bits per heavy atom. The highest BCUT2D eigenvalue weighted by atomic mass is 32.1. The molecule has 0 saturated heterocycles. The number of thiophene rings is 1. The molecular formula is C77H70N4S. The Morgan fingerprint density at radius 1 is 0.207 bits per heavy atom. The number of aryl methyl sites for hydroxylation is 10. The van der Waals surface area contributed by atoms with Crippen molar-refractivity contribution in [1.82, 2.24) is 0 Å². The van der Waals surface area contributed by atoms with Crippen LogP contribution in [-0.4, -0.2) is 7.05 Å². The fraction of sp³-hybridized carbons (Fsp3) is 0.143. The van der Waals surface area contributed by atoms with E-state index in [9.17, 15) is 0 Å². The lowest BCUT2D eigenvalue weighted by molar-refractivity contribution is 1.19. The molecule has 1 aromatic heterocycles. The van der Waals surface area contributed by atoms with E-state index in [2.05, 4.69) is 320 Å². The molecule has 0 aliphatic carbocycles. The lowest BCUT2D eigenvalue weighted by Gasteiger charge is -2.27. The number of hydrogen-bond donors (Lipinski definition) is 0. The Morgan fingerprint density at radius 3 is 0.707 bits per heavy atom. The van der Waals surface area contributed by atoms with Crippen LogP contribution >= 0.6 is 11.3 Å². The molecule has 0 saturated carbocycles. The van der Waals surface area contributed by atoms with Crippen molar-refractivity contribution < 1.29 is 0 Å². The summed E-state index contributed by atoms with van der Waals surface area (Å²) in [7, 11) is 2.14. The number of hydrogen-bond acceptors (Lipinski definition) is 5. The standard InChI is InChI=1S/C77H70N4S/c1-49-12-25-67(42-54(49)6)78(11)63-30-17-59(18-31-63)60-21-34-65(35-22-60)80(70-28-15-52(4)57(9)45-70)72-38-40-76-74(47-72)75-48-73(39-41-77(75)82-76)81(71-29-16-53(5)58(10)46-71)66-36-23-62(24-37-66)61-19-32-64(33-20-61)79(68-26-13-50(2)55(7)43-68)69-27-14-51(3)56(8)44-69/h12-48H,1-11H3. The average Bonchev–Trinajstić information content (AvgIpc) is 3.50. The molecule has 0 aliphatic heterocycles. The Balaban J connectivity index is 0.876. The van der Waals surface area contributed by atoms with Crippen molar-refractivity contribution in [3.05, 3.63) is 280 Å². The lowest BCUT2D eigenvalue weighted by atomic mass is 10.0. The van der Waals surface area contributed by atoms with Gasteiger partial charge in [-0.15, -0.1) is 11.3 Å². The summed E-state index contributed by atoms with van der Waals surface area (Å²) in [5, 5.41) is 2.48. The highest BCUT2D eigenvalue weighted by molar-refractivity contribution is 7.25. The summed E-state index contributed by atoms with van der Waals surface area (Å²) in [6.07, 6.45) is 0. The molecule has 11 aromatic carbocycles. The molecule has 1 heterocycles. The molecule has 0 unspecified atom stereocenters. The first-order chi connectivity index (χ1) is 39.6. The van der Waals surface area contributed by atoms with Gasteiger partial charge in [0.2, 0.25) is 0 Å². The minimum Gasteiger partial charge on any atom is -0.345 e. The van der Waals surface area contributed by atoms with E-state index >= 15 is 0 Å². The molecule has 0 bridgehead atoms. The number of benzene rings is 11. The minimum absolute atomic E-state index is 1.10. The van der Waals surface area contributed by atoms with Crippen molar-refractivity contribution in [3.63, 3.8) is 0 Å². The second kappa shape index (κ2) is 22.1. The van der Waals surface area contributed by atoms with Gasteiger partial charge in [0.1, 0.15) is 0 Å². The van der Waals surface area contributed by atoms with Crippen LogP contribution in [0.3, 0.4) is 0 Å². The lowest BCUT2D eigenvalue weighted by Crippen LogP contribution is -2.11. The highest BCUT2D eigenvalue weighted by Crippen LogP contribution is 2.45. The third-order valence-electron chi connectivity index (χ3n) is 17.1. The number of nitrogens with zero attached hydrogens (tertiary/aromatic N) is 4.